The van der Waals surface area contributed by atoms with Gasteiger partial charge in [0, 0.05) is 30.4 Å². The van der Waals surface area contributed by atoms with Crippen LogP contribution >= 0.6 is 15.9 Å². The van der Waals surface area contributed by atoms with Gasteiger partial charge in [0.1, 0.15) is 5.69 Å². The third kappa shape index (κ3) is 4.99. The second kappa shape index (κ2) is 8.38. The molecule has 1 atom stereocenters. The Bertz CT molecular complexity index is 404. The lowest BCUT2D eigenvalue weighted by Gasteiger charge is -2.15. The van der Waals surface area contributed by atoms with Gasteiger partial charge in [0.25, 0.3) is 5.91 Å². The Morgan fingerprint density at radius 1 is 1.53 bits per heavy atom. The summed E-state index contributed by atoms with van der Waals surface area (Å²) in [6.45, 7) is 5.78. The Labute approximate surface area is 123 Å². The number of amides is 1. The van der Waals surface area contributed by atoms with E-state index in [1.165, 1.54) is 0 Å². The maximum Gasteiger partial charge on any atom is 0.267 e. The van der Waals surface area contributed by atoms with Gasteiger partial charge in [0.05, 0.1) is 0 Å². The van der Waals surface area contributed by atoms with E-state index in [4.69, 9.17) is 5.11 Å². The lowest BCUT2D eigenvalue weighted by atomic mass is 10.0. The highest BCUT2D eigenvalue weighted by Crippen LogP contribution is 2.16. The van der Waals surface area contributed by atoms with Gasteiger partial charge in [0.15, 0.2) is 0 Å². The molecule has 0 radical (unpaired) electrons. The van der Waals surface area contributed by atoms with Crippen LogP contribution in [0, 0.1) is 5.92 Å². The smallest absolute Gasteiger partial charge is 0.267 e. The Balaban J connectivity index is 2.62. The van der Waals surface area contributed by atoms with E-state index in [9.17, 15) is 4.79 Å². The van der Waals surface area contributed by atoms with E-state index in [0.29, 0.717) is 18.2 Å². The van der Waals surface area contributed by atoms with Crippen molar-refractivity contribution in [2.45, 2.75) is 39.7 Å². The van der Waals surface area contributed by atoms with Crippen molar-refractivity contribution in [2.24, 2.45) is 5.92 Å². The molecule has 5 heteroatoms. The number of aliphatic hydroxyl groups excluding tert-OH is 1. The van der Waals surface area contributed by atoms with Gasteiger partial charge in [-0.25, -0.2) is 0 Å². The molecule has 108 valence electrons. The van der Waals surface area contributed by atoms with Gasteiger partial charge in [-0.15, -0.1) is 0 Å². The molecule has 19 heavy (non-hydrogen) atoms. The number of carbonyl (C=O) groups is 1. The Morgan fingerprint density at radius 2 is 2.26 bits per heavy atom. The molecule has 0 bridgehead atoms. The molecule has 0 aliphatic rings. The molecule has 0 aliphatic heterocycles. The van der Waals surface area contributed by atoms with Gasteiger partial charge in [-0.3, -0.25) is 4.79 Å². The van der Waals surface area contributed by atoms with Crippen LogP contribution in [0.15, 0.2) is 16.7 Å². The van der Waals surface area contributed by atoms with Gasteiger partial charge in [0.2, 0.25) is 0 Å². The summed E-state index contributed by atoms with van der Waals surface area (Å²) in [6, 6.07) is 1.85. The number of nitrogens with zero attached hydrogens (tertiary/aromatic N) is 1. The summed E-state index contributed by atoms with van der Waals surface area (Å²) in [7, 11) is 0. The minimum Gasteiger partial charge on any atom is -0.396 e. The number of aromatic nitrogens is 1. The van der Waals surface area contributed by atoms with E-state index in [1.807, 2.05) is 16.8 Å². The van der Waals surface area contributed by atoms with Gasteiger partial charge in [-0.05, 0) is 40.8 Å². The third-order valence-electron chi connectivity index (χ3n) is 3.23. The van der Waals surface area contributed by atoms with E-state index in [2.05, 4.69) is 35.1 Å². The predicted molar refractivity (Wildman–Crippen MR) is 80.2 cm³/mol. The maximum absolute atomic E-state index is 12.2. The summed E-state index contributed by atoms with van der Waals surface area (Å²) in [4.78, 5) is 12.2. The first-order valence-corrected chi connectivity index (χ1v) is 7.66. The normalized spacial score (nSPS) is 12.4. The first-order chi connectivity index (χ1) is 9.12. The summed E-state index contributed by atoms with van der Waals surface area (Å²) < 4.78 is 2.89. The van der Waals surface area contributed by atoms with E-state index in [1.54, 1.807) is 0 Å². The molecule has 0 aromatic carbocycles. The van der Waals surface area contributed by atoms with Crippen LogP contribution in [-0.4, -0.2) is 28.7 Å². The molecule has 1 aromatic heterocycles. The lowest BCUT2D eigenvalue weighted by molar-refractivity contribution is 0.0934. The van der Waals surface area contributed by atoms with Crippen LogP contribution in [0.4, 0.5) is 0 Å². The highest BCUT2D eigenvalue weighted by molar-refractivity contribution is 9.10. The van der Waals surface area contributed by atoms with Gasteiger partial charge < -0.3 is 15.0 Å². The molecular weight excluding hydrogens is 308 g/mol. The molecule has 0 aliphatic carbocycles. The van der Waals surface area contributed by atoms with Crippen LogP contribution in [0.1, 0.15) is 43.6 Å². The van der Waals surface area contributed by atoms with Crippen molar-refractivity contribution in [3.8, 4) is 0 Å². The van der Waals surface area contributed by atoms with E-state index in [0.717, 1.165) is 30.3 Å². The summed E-state index contributed by atoms with van der Waals surface area (Å²) in [5.74, 6) is 0.294. The number of hydrogen-bond acceptors (Lipinski definition) is 2. The van der Waals surface area contributed by atoms with Crippen molar-refractivity contribution in [1.29, 1.82) is 0 Å². The first kappa shape index (κ1) is 16.2. The zero-order valence-electron chi connectivity index (χ0n) is 11.7. The molecule has 0 saturated heterocycles. The summed E-state index contributed by atoms with van der Waals surface area (Å²) in [5.41, 5.74) is 0.688. The van der Waals surface area contributed by atoms with Crippen LogP contribution < -0.4 is 5.32 Å². The minimum atomic E-state index is -0.0458. The molecule has 1 unspecified atom stereocenters. The van der Waals surface area contributed by atoms with E-state index >= 15 is 0 Å². The highest BCUT2D eigenvalue weighted by Gasteiger charge is 2.14. The molecular formula is C14H23BrN2O2. The lowest BCUT2D eigenvalue weighted by Crippen LogP contribution is -2.31. The molecule has 0 spiro atoms. The van der Waals surface area contributed by atoms with Crippen LogP contribution in [-0.2, 0) is 6.54 Å². The number of carbonyl (C=O) groups excluding carboxylic acids is 1. The number of aliphatic hydroxyl groups is 1. The van der Waals surface area contributed by atoms with Gasteiger partial charge in [-0.2, -0.15) is 0 Å². The summed E-state index contributed by atoms with van der Waals surface area (Å²) >= 11 is 3.41. The molecule has 0 fully saturated rings. The van der Waals surface area contributed by atoms with E-state index < -0.39 is 0 Å². The average molecular weight is 331 g/mol. The monoisotopic (exact) mass is 330 g/mol. The van der Waals surface area contributed by atoms with Gasteiger partial charge >= 0.3 is 0 Å². The van der Waals surface area contributed by atoms with Crippen LogP contribution in [0.3, 0.4) is 0 Å². The molecule has 0 saturated carbocycles. The van der Waals surface area contributed by atoms with Crippen LogP contribution in [0.2, 0.25) is 0 Å². The number of hydrogen-bond donors (Lipinski definition) is 2. The van der Waals surface area contributed by atoms with Crippen molar-refractivity contribution in [2.75, 3.05) is 13.2 Å². The van der Waals surface area contributed by atoms with Crippen molar-refractivity contribution in [3.63, 3.8) is 0 Å². The highest BCUT2D eigenvalue weighted by atomic mass is 79.9. The fourth-order valence-corrected chi connectivity index (χ4v) is 2.52. The zero-order valence-corrected chi connectivity index (χ0v) is 13.2. The van der Waals surface area contributed by atoms with Gasteiger partial charge in [-0.1, -0.05) is 20.3 Å². The zero-order chi connectivity index (χ0) is 14.3. The van der Waals surface area contributed by atoms with Crippen molar-refractivity contribution >= 4 is 21.8 Å². The quantitative estimate of drug-likeness (QED) is 0.770. The van der Waals surface area contributed by atoms with Crippen LogP contribution in [0.25, 0.3) is 0 Å². The largest absolute Gasteiger partial charge is 0.396 e. The second-order valence-corrected chi connectivity index (χ2v) is 5.65. The van der Waals surface area contributed by atoms with Crippen molar-refractivity contribution in [3.05, 3.63) is 22.4 Å². The van der Waals surface area contributed by atoms with Crippen LogP contribution in [0.5, 0.6) is 0 Å². The average Bonchev–Trinajstić information content (AvgIpc) is 2.75. The van der Waals surface area contributed by atoms with E-state index in [-0.39, 0.29) is 12.5 Å². The standard InChI is InChI=1S/C14H23BrN2O2/c1-3-6-17-10-12(15)8-13(17)14(19)16-9-11(4-2)5-7-18/h8,10-11,18H,3-7,9H2,1-2H3,(H,16,19). The Kier molecular flexibility index (Phi) is 7.16. The molecule has 4 nitrogen and oxygen atoms in total. The summed E-state index contributed by atoms with van der Waals surface area (Å²) in [6.07, 6.45) is 4.61. The number of aryl methyl sites for hydroxylation is 1. The SMILES string of the molecule is CCCn1cc(Br)cc1C(=O)NCC(CC)CCO. The Morgan fingerprint density at radius 3 is 2.84 bits per heavy atom. The number of nitrogens with one attached hydrogen (secondary N) is 1. The molecule has 2 N–H and O–H groups in total. The predicted octanol–water partition coefficient (Wildman–Crippen LogP) is 2.80. The maximum atomic E-state index is 12.2. The van der Waals surface area contributed by atoms with Crippen molar-refractivity contribution < 1.29 is 9.90 Å². The number of rotatable bonds is 8. The van der Waals surface area contributed by atoms with Crippen molar-refractivity contribution in [1.82, 2.24) is 9.88 Å². The third-order valence-corrected chi connectivity index (χ3v) is 3.66. The first-order valence-electron chi connectivity index (χ1n) is 6.87. The topological polar surface area (TPSA) is 54.3 Å². The fraction of sp³-hybridized carbons (Fsp3) is 0.643. The molecule has 1 heterocycles. The second-order valence-electron chi connectivity index (χ2n) is 4.73. The molecule has 1 rings (SSSR count). The number of halogens is 1. The Hall–Kier alpha value is -0.810. The fourth-order valence-electron chi connectivity index (χ4n) is 2.05. The molecule has 1 aromatic rings. The minimum absolute atomic E-state index is 0.0458. The summed E-state index contributed by atoms with van der Waals surface area (Å²) in [5, 5.41) is 11.9. The molecule has 1 amide bonds.